The summed E-state index contributed by atoms with van der Waals surface area (Å²) in [6.45, 7) is 4.89. The van der Waals surface area contributed by atoms with Crippen LogP contribution in [0.4, 0.5) is 0 Å². The van der Waals surface area contributed by atoms with Gasteiger partial charge in [-0.05, 0) is 32.0 Å². The SMILES string of the molecule is CCCN.Cc1ccc(S(C)=O)cc1. The zero-order valence-corrected chi connectivity index (χ0v) is 9.93. The van der Waals surface area contributed by atoms with E-state index in [0.717, 1.165) is 17.9 Å². The molecule has 1 rings (SSSR count). The van der Waals surface area contributed by atoms with Crippen molar-refractivity contribution < 1.29 is 4.21 Å². The average molecular weight is 213 g/mol. The molecular formula is C11H19NOS. The summed E-state index contributed by atoms with van der Waals surface area (Å²) in [5.74, 6) is 0. The van der Waals surface area contributed by atoms with Gasteiger partial charge in [0.2, 0.25) is 0 Å². The summed E-state index contributed by atoms with van der Waals surface area (Å²) in [6, 6.07) is 7.73. The number of hydrogen-bond donors (Lipinski definition) is 1. The van der Waals surface area contributed by atoms with Gasteiger partial charge < -0.3 is 5.73 Å². The minimum Gasteiger partial charge on any atom is -0.330 e. The Hall–Kier alpha value is -0.670. The molecule has 0 spiro atoms. The van der Waals surface area contributed by atoms with Crippen molar-refractivity contribution >= 4 is 10.8 Å². The van der Waals surface area contributed by atoms with Crippen molar-refractivity contribution in [3.8, 4) is 0 Å². The Kier molecular flexibility index (Phi) is 7.34. The molecule has 1 atom stereocenters. The standard InChI is InChI=1S/C8H10OS.C3H9N/c1-7-3-5-8(6-4-7)10(2)9;1-2-3-4/h3-6H,1-2H3;2-4H2,1H3. The molecule has 0 heterocycles. The summed E-state index contributed by atoms with van der Waals surface area (Å²) in [5.41, 5.74) is 6.23. The Labute approximate surface area is 89.0 Å². The van der Waals surface area contributed by atoms with Gasteiger partial charge in [0.1, 0.15) is 0 Å². The second kappa shape index (κ2) is 7.71. The van der Waals surface area contributed by atoms with E-state index in [1.807, 2.05) is 31.2 Å². The number of rotatable bonds is 2. The third-order valence-corrected chi connectivity index (χ3v) is 2.58. The topological polar surface area (TPSA) is 43.1 Å². The smallest absolute Gasteiger partial charge is 0.0498 e. The highest BCUT2D eigenvalue weighted by atomic mass is 32.2. The minimum atomic E-state index is -0.837. The van der Waals surface area contributed by atoms with Crippen LogP contribution in [0.3, 0.4) is 0 Å². The second-order valence-electron chi connectivity index (χ2n) is 3.06. The first-order chi connectivity index (χ1) is 6.61. The van der Waals surface area contributed by atoms with Gasteiger partial charge in [-0.15, -0.1) is 0 Å². The Morgan fingerprint density at radius 3 is 2.00 bits per heavy atom. The molecule has 0 aliphatic heterocycles. The van der Waals surface area contributed by atoms with Crippen LogP contribution in [-0.2, 0) is 10.8 Å². The third kappa shape index (κ3) is 5.89. The predicted molar refractivity (Wildman–Crippen MR) is 62.9 cm³/mol. The molecule has 0 bridgehead atoms. The van der Waals surface area contributed by atoms with Crippen molar-refractivity contribution in [1.29, 1.82) is 0 Å². The van der Waals surface area contributed by atoms with Gasteiger partial charge in [0.25, 0.3) is 0 Å². The lowest BCUT2D eigenvalue weighted by Crippen LogP contribution is -1.93. The molecule has 3 heteroatoms. The second-order valence-corrected chi connectivity index (χ2v) is 4.44. The van der Waals surface area contributed by atoms with Gasteiger partial charge >= 0.3 is 0 Å². The third-order valence-electron chi connectivity index (χ3n) is 1.64. The molecule has 14 heavy (non-hydrogen) atoms. The number of aryl methyl sites for hydroxylation is 1. The molecular weight excluding hydrogens is 194 g/mol. The zero-order valence-electron chi connectivity index (χ0n) is 9.12. The van der Waals surface area contributed by atoms with Crippen molar-refractivity contribution in [3.63, 3.8) is 0 Å². The van der Waals surface area contributed by atoms with Crippen molar-refractivity contribution in [3.05, 3.63) is 29.8 Å². The fourth-order valence-corrected chi connectivity index (χ4v) is 1.25. The summed E-state index contributed by atoms with van der Waals surface area (Å²) in [5, 5.41) is 0. The molecule has 0 saturated carbocycles. The lowest BCUT2D eigenvalue weighted by Gasteiger charge is -1.94. The van der Waals surface area contributed by atoms with E-state index >= 15 is 0 Å². The number of nitrogens with two attached hydrogens (primary N) is 1. The van der Waals surface area contributed by atoms with E-state index in [2.05, 4.69) is 6.92 Å². The molecule has 0 aliphatic rings. The normalized spacial score (nSPS) is 11.4. The molecule has 0 amide bonds. The predicted octanol–water partition coefficient (Wildman–Crippen LogP) is 2.09. The van der Waals surface area contributed by atoms with Crippen molar-refractivity contribution in [2.24, 2.45) is 5.73 Å². The molecule has 80 valence electrons. The first-order valence-corrected chi connectivity index (χ1v) is 6.27. The molecule has 0 aliphatic carbocycles. The average Bonchev–Trinajstić information content (AvgIpc) is 2.19. The molecule has 2 nitrogen and oxygen atoms in total. The number of benzene rings is 1. The van der Waals surface area contributed by atoms with Crippen LogP contribution in [0.5, 0.6) is 0 Å². The van der Waals surface area contributed by atoms with Gasteiger partial charge in [0.05, 0.1) is 0 Å². The van der Waals surface area contributed by atoms with Crippen LogP contribution in [0.25, 0.3) is 0 Å². The fraction of sp³-hybridized carbons (Fsp3) is 0.455. The van der Waals surface area contributed by atoms with Crippen molar-refractivity contribution in [2.75, 3.05) is 12.8 Å². The molecule has 1 aromatic rings. The maximum absolute atomic E-state index is 10.9. The van der Waals surface area contributed by atoms with E-state index in [1.54, 1.807) is 6.26 Å². The lowest BCUT2D eigenvalue weighted by atomic mass is 10.2. The van der Waals surface area contributed by atoms with E-state index in [9.17, 15) is 4.21 Å². The highest BCUT2D eigenvalue weighted by Crippen LogP contribution is 2.05. The zero-order chi connectivity index (χ0) is 11.0. The van der Waals surface area contributed by atoms with E-state index in [0.29, 0.717) is 0 Å². The molecule has 1 unspecified atom stereocenters. The van der Waals surface area contributed by atoms with Crippen molar-refractivity contribution in [2.45, 2.75) is 25.2 Å². The molecule has 2 N–H and O–H groups in total. The molecule has 0 fully saturated rings. The van der Waals surface area contributed by atoms with Gasteiger partial charge in [0, 0.05) is 22.0 Å². The van der Waals surface area contributed by atoms with Crippen LogP contribution >= 0.6 is 0 Å². The van der Waals surface area contributed by atoms with Crippen LogP contribution in [-0.4, -0.2) is 17.0 Å². The Bertz CT molecular complexity index is 267. The highest BCUT2D eigenvalue weighted by Gasteiger charge is 1.93. The Morgan fingerprint density at radius 1 is 1.29 bits per heavy atom. The molecule has 0 radical (unpaired) electrons. The minimum absolute atomic E-state index is 0.819. The quantitative estimate of drug-likeness (QED) is 0.817. The van der Waals surface area contributed by atoms with Gasteiger partial charge in [-0.3, -0.25) is 4.21 Å². The number of hydrogen-bond acceptors (Lipinski definition) is 2. The first-order valence-electron chi connectivity index (χ1n) is 4.72. The van der Waals surface area contributed by atoms with Gasteiger partial charge in [-0.2, -0.15) is 0 Å². The van der Waals surface area contributed by atoms with E-state index < -0.39 is 10.8 Å². The van der Waals surface area contributed by atoms with Crippen LogP contribution in [0.2, 0.25) is 0 Å². The molecule has 0 saturated heterocycles. The maximum Gasteiger partial charge on any atom is 0.0498 e. The van der Waals surface area contributed by atoms with Crippen molar-refractivity contribution in [1.82, 2.24) is 0 Å². The summed E-state index contributed by atoms with van der Waals surface area (Å²) in [6.07, 6.45) is 2.78. The Balaban J connectivity index is 0.000000364. The van der Waals surface area contributed by atoms with E-state index in [1.165, 1.54) is 5.56 Å². The van der Waals surface area contributed by atoms with Gasteiger partial charge in [-0.25, -0.2) is 0 Å². The fourth-order valence-electron chi connectivity index (χ4n) is 0.730. The molecule has 1 aromatic carbocycles. The van der Waals surface area contributed by atoms with Crippen LogP contribution in [0.15, 0.2) is 29.2 Å². The monoisotopic (exact) mass is 213 g/mol. The largest absolute Gasteiger partial charge is 0.330 e. The maximum atomic E-state index is 10.9. The van der Waals surface area contributed by atoms with Crippen LogP contribution in [0.1, 0.15) is 18.9 Å². The summed E-state index contributed by atoms with van der Waals surface area (Å²) < 4.78 is 10.9. The lowest BCUT2D eigenvalue weighted by molar-refractivity contribution is 0.687. The van der Waals surface area contributed by atoms with E-state index in [-0.39, 0.29) is 0 Å². The summed E-state index contributed by atoms with van der Waals surface area (Å²) >= 11 is 0. The van der Waals surface area contributed by atoms with E-state index in [4.69, 9.17) is 5.73 Å². The van der Waals surface area contributed by atoms with Crippen LogP contribution < -0.4 is 5.73 Å². The summed E-state index contributed by atoms with van der Waals surface area (Å²) in [7, 11) is -0.837. The van der Waals surface area contributed by atoms with Gasteiger partial charge in [0.15, 0.2) is 0 Å². The Morgan fingerprint density at radius 2 is 1.71 bits per heavy atom. The first kappa shape index (κ1) is 13.3. The van der Waals surface area contributed by atoms with Gasteiger partial charge in [-0.1, -0.05) is 24.6 Å². The molecule has 0 aromatic heterocycles. The highest BCUT2D eigenvalue weighted by molar-refractivity contribution is 7.84. The summed E-state index contributed by atoms with van der Waals surface area (Å²) in [4.78, 5) is 0.894. The van der Waals surface area contributed by atoms with Crippen LogP contribution in [0, 0.1) is 6.92 Å².